The van der Waals surface area contributed by atoms with Crippen molar-refractivity contribution in [3.05, 3.63) is 28.2 Å². The first kappa shape index (κ1) is 15.3. The van der Waals surface area contributed by atoms with Crippen molar-refractivity contribution < 1.29 is 4.74 Å². The number of rotatable bonds is 5. The second-order valence-corrected chi connectivity index (χ2v) is 7.34. The molecule has 1 aromatic carbocycles. The predicted molar refractivity (Wildman–Crippen MR) is 89.7 cm³/mol. The molecule has 116 valence electrons. The Morgan fingerprint density at radius 2 is 2.00 bits per heavy atom. The summed E-state index contributed by atoms with van der Waals surface area (Å²) in [6.07, 6.45) is 5.55. The third-order valence-corrected chi connectivity index (χ3v) is 5.79. The molecule has 1 N–H and O–H groups in total. The number of hydrogen-bond donors (Lipinski definition) is 1. The van der Waals surface area contributed by atoms with Crippen LogP contribution < -0.4 is 10.1 Å². The maximum absolute atomic E-state index is 5.27. The van der Waals surface area contributed by atoms with Gasteiger partial charge in [-0.1, -0.05) is 6.07 Å². The molecule has 21 heavy (non-hydrogen) atoms. The van der Waals surface area contributed by atoms with Crippen molar-refractivity contribution in [1.82, 2.24) is 10.2 Å². The van der Waals surface area contributed by atoms with E-state index in [0.29, 0.717) is 0 Å². The summed E-state index contributed by atoms with van der Waals surface area (Å²) in [7, 11) is 4.01. The molecule has 3 nitrogen and oxygen atoms in total. The van der Waals surface area contributed by atoms with Crippen molar-refractivity contribution in [3.63, 3.8) is 0 Å². The highest BCUT2D eigenvalue weighted by atomic mass is 79.9. The van der Waals surface area contributed by atoms with E-state index in [9.17, 15) is 0 Å². The Hall–Kier alpha value is -0.580. The Morgan fingerprint density at radius 1 is 1.29 bits per heavy atom. The summed E-state index contributed by atoms with van der Waals surface area (Å²) >= 11 is 3.55. The standard InChI is InChI=1S/C17H25BrN2O/c1-20-14-4-5-15(20)8-13(7-14)11-19-10-12-3-6-17(21-2)16(18)9-12/h3,6,9,13-15,19H,4-5,7-8,10-11H2,1-2H3. The summed E-state index contributed by atoms with van der Waals surface area (Å²) < 4.78 is 6.30. The van der Waals surface area contributed by atoms with Crippen LogP contribution in [0.25, 0.3) is 0 Å². The molecular weight excluding hydrogens is 328 g/mol. The summed E-state index contributed by atoms with van der Waals surface area (Å²) in [6, 6.07) is 7.98. The Labute approximate surface area is 136 Å². The average Bonchev–Trinajstić information content (AvgIpc) is 2.70. The lowest BCUT2D eigenvalue weighted by molar-refractivity contribution is 0.133. The summed E-state index contributed by atoms with van der Waals surface area (Å²) in [5.74, 6) is 1.74. The van der Waals surface area contributed by atoms with E-state index in [1.165, 1.54) is 31.2 Å². The molecule has 3 rings (SSSR count). The fraction of sp³-hybridized carbons (Fsp3) is 0.647. The molecule has 2 aliphatic rings. The first-order valence-electron chi connectivity index (χ1n) is 7.92. The minimum absolute atomic E-state index is 0.839. The van der Waals surface area contributed by atoms with E-state index < -0.39 is 0 Å². The molecule has 2 unspecified atom stereocenters. The summed E-state index contributed by atoms with van der Waals surface area (Å²) in [5, 5.41) is 3.64. The molecule has 2 fully saturated rings. The van der Waals surface area contributed by atoms with Crippen molar-refractivity contribution >= 4 is 15.9 Å². The van der Waals surface area contributed by atoms with Crippen molar-refractivity contribution in [2.75, 3.05) is 20.7 Å². The molecule has 2 bridgehead atoms. The molecule has 0 aromatic heterocycles. The van der Waals surface area contributed by atoms with Gasteiger partial charge in [-0.3, -0.25) is 0 Å². The van der Waals surface area contributed by atoms with Gasteiger partial charge in [0.1, 0.15) is 5.75 Å². The lowest BCUT2D eigenvalue weighted by atomic mass is 9.91. The Balaban J connectivity index is 1.47. The van der Waals surface area contributed by atoms with Gasteiger partial charge in [-0.05, 0) is 78.8 Å². The molecule has 4 heteroatoms. The Bertz CT molecular complexity index is 480. The number of nitrogens with zero attached hydrogens (tertiary/aromatic N) is 1. The van der Waals surface area contributed by atoms with Gasteiger partial charge in [-0.2, -0.15) is 0 Å². The molecule has 0 radical (unpaired) electrons. The largest absolute Gasteiger partial charge is 0.496 e. The highest BCUT2D eigenvalue weighted by molar-refractivity contribution is 9.10. The number of nitrogens with one attached hydrogen (secondary N) is 1. The minimum atomic E-state index is 0.839. The lowest BCUT2D eigenvalue weighted by Gasteiger charge is -2.36. The molecule has 1 aromatic rings. The Morgan fingerprint density at radius 3 is 2.62 bits per heavy atom. The van der Waals surface area contributed by atoms with E-state index in [1.54, 1.807) is 7.11 Å². The molecule has 0 spiro atoms. The zero-order valence-electron chi connectivity index (χ0n) is 12.9. The minimum Gasteiger partial charge on any atom is -0.496 e. The topological polar surface area (TPSA) is 24.5 Å². The van der Waals surface area contributed by atoms with E-state index in [-0.39, 0.29) is 0 Å². The van der Waals surface area contributed by atoms with Gasteiger partial charge in [0.2, 0.25) is 0 Å². The van der Waals surface area contributed by atoms with E-state index >= 15 is 0 Å². The van der Waals surface area contributed by atoms with Crippen LogP contribution in [0.1, 0.15) is 31.2 Å². The molecule has 2 heterocycles. The first-order valence-corrected chi connectivity index (χ1v) is 8.71. The van der Waals surface area contributed by atoms with Crippen LogP contribution in [0.4, 0.5) is 0 Å². The number of hydrogen-bond acceptors (Lipinski definition) is 3. The molecular formula is C17H25BrN2O. The zero-order chi connectivity index (χ0) is 14.8. The molecule has 0 amide bonds. The van der Waals surface area contributed by atoms with Crippen LogP contribution in [-0.2, 0) is 6.54 Å². The number of ether oxygens (including phenoxy) is 1. The van der Waals surface area contributed by atoms with E-state index in [4.69, 9.17) is 4.74 Å². The number of piperidine rings is 1. The van der Waals surface area contributed by atoms with Gasteiger partial charge < -0.3 is 15.0 Å². The number of halogens is 1. The van der Waals surface area contributed by atoms with Crippen LogP contribution in [0.15, 0.2) is 22.7 Å². The third kappa shape index (κ3) is 3.43. The maximum atomic E-state index is 5.27. The average molecular weight is 353 g/mol. The van der Waals surface area contributed by atoms with Crippen molar-refractivity contribution in [1.29, 1.82) is 0 Å². The lowest BCUT2D eigenvalue weighted by Crippen LogP contribution is -2.42. The van der Waals surface area contributed by atoms with Gasteiger partial charge in [0.05, 0.1) is 11.6 Å². The fourth-order valence-electron chi connectivity index (χ4n) is 3.93. The van der Waals surface area contributed by atoms with Gasteiger partial charge in [-0.15, -0.1) is 0 Å². The molecule has 0 aliphatic carbocycles. The molecule has 2 atom stereocenters. The predicted octanol–water partition coefficient (Wildman–Crippen LogP) is 3.42. The van der Waals surface area contributed by atoms with Crippen molar-refractivity contribution in [3.8, 4) is 5.75 Å². The number of methoxy groups -OCH3 is 1. The fourth-order valence-corrected chi connectivity index (χ4v) is 4.52. The van der Waals surface area contributed by atoms with Crippen LogP contribution in [-0.4, -0.2) is 37.7 Å². The highest BCUT2D eigenvalue weighted by Gasteiger charge is 2.37. The van der Waals surface area contributed by atoms with Gasteiger partial charge in [0, 0.05) is 18.6 Å². The molecule has 0 saturated carbocycles. The first-order chi connectivity index (χ1) is 10.2. The van der Waals surface area contributed by atoms with Crippen LogP contribution in [0, 0.1) is 5.92 Å². The number of benzene rings is 1. The van der Waals surface area contributed by atoms with Gasteiger partial charge in [0.15, 0.2) is 0 Å². The van der Waals surface area contributed by atoms with Crippen LogP contribution in [0.2, 0.25) is 0 Å². The quantitative estimate of drug-likeness (QED) is 0.878. The molecule has 2 saturated heterocycles. The van der Waals surface area contributed by atoms with Gasteiger partial charge in [0.25, 0.3) is 0 Å². The van der Waals surface area contributed by atoms with Crippen molar-refractivity contribution in [2.45, 2.75) is 44.3 Å². The molecule has 2 aliphatic heterocycles. The number of fused-ring (bicyclic) bond motifs is 2. The highest BCUT2D eigenvalue weighted by Crippen LogP contribution is 2.37. The summed E-state index contributed by atoms with van der Waals surface area (Å²) in [5.41, 5.74) is 1.30. The van der Waals surface area contributed by atoms with E-state index in [2.05, 4.69) is 45.3 Å². The van der Waals surface area contributed by atoms with Crippen molar-refractivity contribution in [2.24, 2.45) is 5.92 Å². The van der Waals surface area contributed by atoms with Crippen LogP contribution >= 0.6 is 15.9 Å². The zero-order valence-corrected chi connectivity index (χ0v) is 14.5. The van der Waals surface area contributed by atoms with Crippen LogP contribution in [0.3, 0.4) is 0 Å². The van der Waals surface area contributed by atoms with E-state index in [0.717, 1.165) is 41.3 Å². The monoisotopic (exact) mass is 352 g/mol. The Kier molecular flexibility index (Phi) is 4.87. The smallest absolute Gasteiger partial charge is 0.133 e. The van der Waals surface area contributed by atoms with Crippen LogP contribution in [0.5, 0.6) is 5.75 Å². The van der Waals surface area contributed by atoms with Gasteiger partial charge in [-0.25, -0.2) is 0 Å². The second-order valence-electron chi connectivity index (χ2n) is 6.49. The normalized spacial score (nSPS) is 28.8. The summed E-state index contributed by atoms with van der Waals surface area (Å²) in [4.78, 5) is 2.61. The SMILES string of the molecule is COc1ccc(CNCC2CC3CCC(C2)N3C)cc1Br. The van der Waals surface area contributed by atoms with E-state index in [1.807, 2.05) is 6.07 Å². The maximum Gasteiger partial charge on any atom is 0.133 e. The third-order valence-electron chi connectivity index (χ3n) is 5.17. The summed E-state index contributed by atoms with van der Waals surface area (Å²) in [6.45, 7) is 2.08. The second kappa shape index (κ2) is 6.67. The van der Waals surface area contributed by atoms with Gasteiger partial charge >= 0.3 is 0 Å².